The van der Waals surface area contributed by atoms with Gasteiger partial charge in [-0.15, -0.1) is 0 Å². The zero-order chi connectivity index (χ0) is 13.2. The Bertz CT molecular complexity index is 457. The Labute approximate surface area is 114 Å². The summed E-state index contributed by atoms with van der Waals surface area (Å²) in [5, 5.41) is 13.0. The Morgan fingerprint density at radius 2 is 1.89 bits per heavy atom. The van der Waals surface area contributed by atoms with Crippen LogP contribution >= 0.6 is 0 Å². The third-order valence-corrected chi connectivity index (χ3v) is 4.89. The van der Waals surface area contributed by atoms with Crippen LogP contribution in [0.15, 0.2) is 35.5 Å². The fraction of sp³-hybridized carbons (Fsp3) is 0.562. The molecule has 0 bridgehead atoms. The van der Waals surface area contributed by atoms with Gasteiger partial charge in [0, 0.05) is 24.4 Å². The molecule has 1 aliphatic heterocycles. The van der Waals surface area contributed by atoms with Gasteiger partial charge in [-0.05, 0) is 25.5 Å². The monoisotopic (exact) mass is 258 g/mol. The Balaban J connectivity index is 1.91. The van der Waals surface area contributed by atoms with Crippen LogP contribution in [0.3, 0.4) is 0 Å². The van der Waals surface area contributed by atoms with Gasteiger partial charge in [-0.2, -0.15) is 0 Å². The van der Waals surface area contributed by atoms with Crippen molar-refractivity contribution in [1.82, 2.24) is 4.90 Å². The van der Waals surface area contributed by atoms with E-state index in [0.717, 1.165) is 12.1 Å². The van der Waals surface area contributed by atoms with E-state index in [9.17, 15) is 5.21 Å². The molecule has 3 heteroatoms. The van der Waals surface area contributed by atoms with Crippen molar-refractivity contribution in [3.05, 3.63) is 35.9 Å². The number of piperidine rings is 1. The molecule has 0 radical (unpaired) electrons. The minimum absolute atomic E-state index is 0.353. The molecule has 2 fully saturated rings. The lowest BCUT2D eigenvalue weighted by molar-refractivity contribution is 0.0926. The number of oxime groups is 1. The average molecular weight is 258 g/mol. The third kappa shape index (κ3) is 2.27. The molecule has 1 aromatic carbocycles. The van der Waals surface area contributed by atoms with Gasteiger partial charge in [0.15, 0.2) is 0 Å². The van der Waals surface area contributed by atoms with E-state index in [0.29, 0.717) is 18.0 Å². The summed E-state index contributed by atoms with van der Waals surface area (Å²) in [6, 6.07) is 11.5. The fourth-order valence-electron chi connectivity index (χ4n) is 3.86. The predicted octanol–water partition coefficient (Wildman–Crippen LogP) is 3.45. The van der Waals surface area contributed by atoms with Crippen molar-refractivity contribution < 1.29 is 5.21 Å². The summed E-state index contributed by atoms with van der Waals surface area (Å²) in [4.78, 5) is 2.51. The quantitative estimate of drug-likeness (QED) is 0.618. The maximum atomic E-state index is 9.35. The molecule has 1 N–H and O–H groups in total. The second-order valence-corrected chi connectivity index (χ2v) is 5.85. The lowest BCUT2D eigenvalue weighted by atomic mass is 9.74. The van der Waals surface area contributed by atoms with E-state index < -0.39 is 0 Å². The summed E-state index contributed by atoms with van der Waals surface area (Å²) in [5.74, 6) is 0.462. The molecule has 1 saturated heterocycles. The lowest BCUT2D eigenvalue weighted by Crippen LogP contribution is -2.50. The van der Waals surface area contributed by atoms with E-state index in [4.69, 9.17) is 0 Å². The van der Waals surface area contributed by atoms with Crippen LogP contribution in [0.4, 0.5) is 0 Å². The number of rotatable bonds is 1. The van der Waals surface area contributed by atoms with Gasteiger partial charge in [0.1, 0.15) is 0 Å². The Hall–Kier alpha value is -1.35. The summed E-state index contributed by atoms with van der Waals surface area (Å²) >= 11 is 0. The second kappa shape index (κ2) is 5.33. The van der Waals surface area contributed by atoms with Crippen LogP contribution in [-0.2, 0) is 0 Å². The highest BCUT2D eigenvalue weighted by atomic mass is 16.4. The van der Waals surface area contributed by atoms with Crippen molar-refractivity contribution in [1.29, 1.82) is 0 Å². The SMILES string of the molecule is CN1C(c2ccccc2)C/C(=N\O)C2CCCCC21. The zero-order valence-corrected chi connectivity index (χ0v) is 11.5. The minimum Gasteiger partial charge on any atom is -0.411 e. The van der Waals surface area contributed by atoms with Crippen LogP contribution in [0.2, 0.25) is 0 Å². The van der Waals surface area contributed by atoms with Crippen molar-refractivity contribution >= 4 is 5.71 Å². The molecule has 0 aromatic heterocycles. The number of benzene rings is 1. The standard InChI is InChI=1S/C16H22N2O/c1-18-15-10-6-5-9-13(15)14(17-19)11-16(18)12-7-3-2-4-8-12/h2-4,7-8,13,15-16,19H,5-6,9-11H2,1H3/b17-14+. The largest absolute Gasteiger partial charge is 0.411 e. The van der Waals surface area contributed by atoms with Gasteiger partial charge in [0.25, 0.3) is 0 Å². The number of likely N-dealkylation sites (tertiary alicyclic amines) is 1. The fourth-order valence-corrected chi connectivity index (χ4v) is 3.86. The summed E-state index contributed by atoms with van der Waals surface area (Å²) in [7, 11) is 2.23. The molecule has 3 nitrogen and oxygen atoms in total. The van der Waals surface area contributed by atoms with Crippen molar-refractivity contribution in [2.75, 3.05) is 7.05 Å². The van der Waals surface area contributed by atoms with Gasteiger partial charge < -0.3 is 5.21 Å². The zero-order valence-electron chi connectivity index (χ0n) is 11.5. The summed E-state index contributed by atoms with van der Waals surface area (Å²) in [6.45, 7) is 0. The van der Waals surface area contributed by atoms with Crippen molar-refractivity contribution in [2.24, 2.45) is 11.1 Å². The first-order valence-corrected chi connectivity index (χ1v) is 7.29. The van der Waals surface area contributed by atoms with Crippen LogP contribution in [0, 0.1) is 5.92 Å². The Kier molecular flexibility index (Phi) is 3.56. The highest BCUT2D eigenvalue weighted by Gasteiger charge is 2.40. The Morgan fingerprint density at radius 3 is 2.63 bits per heavy atom. The van der Waals surface area contributed by atoms with Gasteiger partial charge in [-0.1, -0.05) is 48.3 Å². The number of hydrogen-bond acceptors (Lipinski definition) is 3. The van der Waals surface area contributed by atoms with Crippen LogP contribution in [0.25, 0.3) is 0 Å². The van der Waals surface area contributed by atoms with Crippen molar-refractivity contribution in [3.8, 4) is 0 Å². The molecule has 19 heavy (non-hydrogen) atoms. The number of hydrogen-bond donors (Lipinski definition) is 1. The smallest absolute Gasteiger partial charge is 0.0636 e. The molecule has 1 heterocycles. The summed E-state index contributed by atoms with van der Waals surface area (Å²) < 4.78 is 0. The molecule has 1 saturated carbocycles. The lowest BCUT2D eigenvalue weighted by Gasteiger charge is -2.47. The van der Waals surface area contributed by atoms with E-state index in [2.05, 4.69) is 47.4 Å². The van der Waals surface area contributed by atoms with E-state index in [1.54, 1.807) is 0 Å². The predicted molar refractivity (Wildman–Crippen MR) is 76.5 cm³/mol. The second-order valence-electron chi connectivity index (χ2n) is 5.85. The first-order valence-electron chi connectivity index (χ1n) is 7.29. The summed E-state index contributed by atoms with van der Waals surface area (Å²) in [6.07, 6.45) is 5.83. The first kappa shape index (κ1) is 12.7. The highest BCUT2D eigenvalue weighted by Crippen LogP contribution is 2.40. The van der Waals surface area contributed by atoms with Crippen molar-refractivity contribution in [2.45, 2.75) is 44.2 Å². The van der Waals surface area contributed by atoms with Crippen molar-refractivity contribution in [3.63, 3.8) is 0 Å². The van der Waals surface area contributed by atoms with Gasteiger partial charge in [0.05, 0.1) is 5.71 Å². The summed E-state index contributed by atoms with van der Waals surface area (Å²) in [5.41, 5.74) is 2.34. The molecule has 1 aliphatic carbocycles. The molecule has 3 rings (SSSR count). The van der Waals surface area contributed by atoms with Gasteiger partial charge in [-0.25, -0.2) is 0 Å². The van der Waals surface area contributed by atoms with E-state index in [1.165, 1.54) is 31.2 Å². The normalized spacial score (nSPS) is 34.2. The van der Waals surface area contributed by atoms with Crippen LogP contribution < -0.4 is 0 Å². The molecule has 3 unspecified atom stereocenters. The molecule has 1 aromatic rings. The first-order chi connectivity index (χ1) is 9.31. The molecule has 2 aliphatic rings. The number of nitrogens with zero attached hydrogens (tertiary/aromatic N) is 2. The maximum Gasteiger partial charge on any atom is 0.0636 e. The van der Waals surface area contributed by atoms with Gasteiger partial charge in [0.2, 0.25) is 0 Å². The van der Waals surface area contributed by atoms with Gasteiger partial charge >= 0.3 is 0 Å². The topological polar surface area (TPSA) is 35.8 Å². The average Bonchev–Trinajstić information content (AvgIpc) is 2.49. The maximum absolute atomic E-state index is 9.35. The van der Waals surface area contributed by atoms with E-state index in [1.807, 2.05) is 0 Å². The molecule has 3 atom stereocenters. The Morgan fingerprint density at radius 1 is 1.16 bits per heavy atom. The molecular weight excluding hydrogens is 236 g/mol. The van der Waals surface area contributed by atoms with Crippen LogP contribution in [-0.4, -0.2) is 28.9 Å². The molecule has 0 spiro atoms. The number of fused-ring (bicyclic) bond motifs is 1. The molecule has 102 valence electrons. The molecular formula is C16H22N2O. The van der Waals surface area contributed by atoms with Crippen LogP contribution in [0.5, 0.6) is 0 Å². The van der Waals surface area contributed by atoms with Gasteiger partial charge in [-0.3, -0.25) is 4.90 Å². The highest BCUT2D eigenvalue weighted by molar-refractivity contribution is 5.88. The molecule has 0 amide bonds. The van der Waals surface area contributed by atoms with Crippen LogP contribution in [0.1, 0.15) is 43.7 Å². The minimum atomic E-state index is 0.353. The van der Waals surface area contributed by atoms with E-state index in [-0.39, 0.29) is 0 Å². The van der Waals surface area contributed by atoms with E-state index >= 15 is 0 Å². The third-order valence-electron chi connectivity index (χ3n) is 4.89.